The van der Waals surface area contributed by atoms with Crippen LogP contribution in [0.1, 0.15) is 58.9 Å². The van der Waals surface area contributed by atoms with Crippen LogP contribution in [-0.2, 0) is 6.42 Å². The summed E-state index contributed by atoms with van der Waals surface area (Å²) in [5, 5.41) is 10.6. The number of fused-ring (bicyclic) bond motifs is 1. The molecule has 2 aliphatic rings. The molecule has 32 heavy (non-hydrogen) atoms. The van der Waals surface area contributed by atoms with Crippen LogP contribution in [0.25, 0.3) is 0 Å². The lowest BCUT2D eigenvalue weighted by Gasteiger charge is -2.38. The van der Waals surface area contributed by atoms with Crippen molar-refractivity contribution in [2.75, 3.05) is 5.33 Å². The average molecular weight is 491 g/mol. The smallest absolute Gasteiger partial charge is 0.119 e. The molecule has 1 unspecified atom stereocenters. The second-order valence-corrected chi connectivity index (χ2v) is 10.1. The Morgan fingerprint density at radius 2 is 1.72 bits per heavy atom. The van der Waals surface area contributed by atoms with Gasteiger partial charge in [-0.2, -0.15) is 0 Å². The molecule has 2 aliphatic carbocycles. The molecule has 0 heterocycles. The van der Waals surface area contributed by atoms with E-state index < -0.39 is 0 Å². The molecule has 3 atom stereocenters. The number of aliphatic hydroxyl groups excluding tert-OH is 1. The number of ether oxygens (including phenoxy) is 1. The normalized spacial score (nSPS) is 25.5. The van der Waals surface area contributed by atoms with E-state index in [4.69, 9.17) is 4.74 Å². The van der Waals surface area contributed by atoms with Crippen LogP contribution in [-0.4, -0.2) is 22.6 Å². The Kier molecular flexibility index (Phi) is 6.39. The third-order valence-electron chi connectivity index (χ3n) is 7.36. The third kappa shape index (κ3) is 4.38. The van der Waals surface area contributed by atoms with Crippen molar-refractivity contribution < 1.29 is 9.84 Å². The minimum absolute atomic E-state index is 0.218. The molecule has 0 spiro atoms. The van der Waals surface area contributed by atoms with Crippen LogP contribution in [0.3, 0.4) is 0 Å². The summed E-state index contributed by atoms with van der Waals surface area (Å²) in [5.41, 5.74) is 7.09. The number of rotatable bonds is 6. The van der Waals surface area contributed by atoms with Crippen LogP contribution in [0.4, 0.5) is 0 Å². The predicted octanol–water partition coefficient (Wildman–Crippen LogP) is 6.77. The van der Waals surface area contributed by atoms with E-state index in [-0.39, 0.29) is 12.2 Å². The molecule has 1 saturated carbocycles. The number of benzene rings is 3. The maximum atomic E-state index is 9.96. The van der Waals surface area contributed by atoms with Gasteiger partial charge in [0.2, 0.25) is 0 Å². The number of hydrogen-bond acceptors (Lipinski definition) is 2. The summed E-state index contributed by atoms with van der Waals surface area (Å²) in [6.07, 6.45) is 4.12. The number of hydrogen-bond donors (Lipinski definition) is 1. The van der Waals surface area contributed by atoms with E-state index in [1.165, 1.54) is 34.2 Å². The number of aryl methyl sites for hydroxylation is 2. The van der Waals surface area contributed by atoms with Gasteiger partial charge in [-0.25, -0.2) is 0 Å². The topological polar surface area (TPSA) is 29.5 Å². The SMILES string of the molecule is Cc1ccc2c(c1)CC[C@H](c1ccccc1)[C@@H]2c1ccc(OC2CC(C(O)CBr)C2)cc1. The molecule has 0 aliphatic heterocycles. The molecule has 3 aromatic rings. The molecule has 0 amide bonds. The summed E-state index contributed by atoms with van der Waals surface area (Å²) < 4.78 is 6.19. The Morgan fingerprint density at radius 1 is 0.969 bits per heavy atom. The van der Waals surface area contributed by atoms with Crippen molar-refractivity contribution in [3.05, 3.63) is 101 Å². The van der Waals surface area contributed by atoms with Crippen LogP contribution in [0.2, 0.25) is 0 Å². The van der Waals surface area contributed by atoms with Gasteiger partial charge in [-0.05, 0) is 78.8 Å². The maximum Gasteiger partial charge on any atom is 0.119 e. The van der Waals surface area contributed by atoms with Gasteiger partial charge in [0.25, 0.3) is 0 Å². The second kappa shape index (κ2) is 9.41. The van der Waals surface area contributed by atoms with Crippen molar-refractivity contribution in [2.24, 2.45) is 5.92 Å². The molecule has 1 fully saturated rings. The Balaban J connectivity index is 1.39. The lowest BCUT2D eigenvalue weighted by atomic mass is 9.69. The number of aliphatic hydroxyl groups is 1. The van der Waals surface area contributed by atoms with Crippen LogP contribution in [0, 0.1) is 12.8 Å². The van der Waals surface area contributed by atoms with Crippen LogP contribution >= 0.6 is 15.9 Å². The van der Waals surface area contributed by atoms with Crippen LogP contribution in [0.5, 0.6) is 5.75 Å². The van der Waals surface area contributed by atoms with Gasteiger partial charge in [-0.3, -0.25) is 0 Å². The summed E-state index contributed by atoms with van der Waals surface area (Å²) in [6.45, 7) is 2.19. The molecule has 0 saturated heterocycles. The zero-order chi connectivity index (χ0) is 22.1. The van der Waals surface area contributed by atoms with Crippen molar-refractivity contribution in [3.8, 4) is 5.75 Å². The Morgan fingerprint density at radius 3 is 2.44 bits per heavy atom. The Bertz CT molecular complexity index is 1040. The Hall–Kier alpha value is -2.10. The second-order valence-electron chi connectivity index (χ2n) is 9.50. The summed E-state index contributed by atoms with van der Waals surface area (Å²) in [4.78, 5) is 0. The van der Waals surface area contributed by atoms with Crippen molar-refractivity contribution in [1.29, 1.82) is 0 Å². The van der Waals surface area contributed by atoms with Crippen molar-refractivity contribution >= 4 is 15.9 Å². The highest BCUT2D eigenvalue weighted by Gasteiger charge is 2.35. The molecule has 3 aromatic carbocycles. The van der Waals surface area contributed by atoms with E-state index in [2.05, 4.69) is 95.7 Å². The molecular weight excluding hydrogens is 460 g/mol. The molecule has 0 bridgehead atoms. The van der Waals surface area contributed by atoms with Crippen molar-refractivity contribution in [1.82, 2.24) is 0 Å². The fraction of sp³-hybridized carbons (Fsp3) is 0.379. The molecule has 1 N–H and O–H groups in total. The number of halogens is 1. The van der Waals surface area contributed by atoms with Gasteiger partial charge in [-0.15, -0.1) is 0 Å². The fourth-order valence-electron chi connectivity index (χ4n) is 5.51. The van der Waals surface area contributed by atoms with Crippen LogP contribution in [0.15, 0.2) is 72.8 Å². The molecule has 166 valence electrons. The first-order chi connectivity index (χ1) is 15.6. The summed E-state index contributed by atoms with van der Waals surface area (Å²) >= 11 is 3.37. The summed E-state index contributed by atoms with van der Waals surface area (Å²) in [5.74, 6) is 2.13. The molecular formula is C29H31BrO2. The number of alkyl halides is 1. The first-order valence-electron chi connectivity index (χ1n) is 11.8. The quantitative estimate of drug-likeness (QED) is 0.386. The summed E-state index contributed by atoms with van der Waals surface area (Å²) in [6, 6.07) is 26.7. The first kappa shape index (κ1) is 21.7. The fourth-order valence-corrected chi connectivity index (χ4v) is 6.04. The van der Waals surface area contributed by atoms with E-state index in [0.29, 0.717) is 23.1 Å². The zero-order valence-corrected chi connectivity index (χ0v) is 20.2. The first-order valence-corrected chi connectivity index (χ1v) is 12.9. The highest BCUT2D eigenvalue weighted by Crippen LogP contribution is 2.46. The van der Waals surface area contributed by atoms with Crippen molar-refractivity contribution in [2.45, 2.75) is 56.7 Å². The highest BCUT2D eigenvalue weighted by molar-refractivity contribution is 9.09. The molecule has 0 aromatic heterocycles. The van der Waals surface area contributed by atoms with Gasteiger partial charge in [0.05, 0.1) is 12.2 Å². The monoisotopic (exact) mass is 490 g/mol. The zero-order valence-electron chi connectivity index (χ0n) is 18.6. The van der Waals surface area contributed by atoms with Crippen molar-refractivity contribution in [3.63, 3.8) is 0 Å². The predicted molar refractivity (Wildman–Crippen MR) is 134 cm³/mol. The Labute approximate surface area is 199 Å². The summed E-state index contributed by atoms with van der Waals surface area (Å²) in [7, 11) is 0. The van der Waals surface area contributed by atoms with E-state index in [1.807, 2.05) is 0 Å². The standard InChI is InChI=1S/C29H31BrO2/c1-19-7-13-27-22(15-19)10-14-26(20-5-3-2-4-6-20)29(27)21-8-11-24(12-9-21)32-25-16-23(17-25)28(31)18-30/h2-9,11-13,15,23,25-26,28-29,31H,10,14,16-18H2,1H3/t23?,25?,26-,28?,29+/m1/s1. The van der Waals surface area contributed by atoms with Gasteiger partial charge in [0.1, 0.15) is 5.75 Å². The van der Waals surface area contributed by atoms with E-state index in [1.54, 1.807) is 0 Å². The van der Waals surface area contributed by atoms with Gasteiger partial charge >= 0.3 is 0 Å². The largest absolute Gasteiger partial charge is 0.490 e. The van der Waals surface area contributed by atoms with Gasteiger partial charge in [-0.1, -0.05) is 82.2 Å². The van der Waals surface area contributed by atoms with Gasteiger partial charge in [0.15, 0.2) is 0 Å². The molecule has 3 heteroatoms. The highest BCUT2D eigenvalue weighted by atomic mass is 79.9. The third-order valence-corrected chi connectivity index (χ3v) is 8.03. The molecule has 5 rings (SSSR count). The molecule has 2 nitrogen and oxygen atoms in total. The lowest BCUT2D eigenvalue weighted by molar-refractivity contribution is -0.00418. The van der Waals surface area contributed by atoms with Gasteiger partial charge in [0, 0.05) is 11.2 Å². The van der Waals surface area contributed by atoms with E-state index in [9.17, 15) is 5.11 Å². The minimum atomic E-state index is -0.262. The lowest BCUT2D eigenvalue weighted by Crippen LogP contribution is -2.41. The average Bonchev–Trinajstić information content (AvgIpc) is 2.81. The maximum absolute atomic E-state index is 9.96. The van der Waals surface area contributed by atoms with E-state index >= 15 is 0 Å². The minimum Gasteiger partial charge on any atom is -0.490 e. The van der Waals surface area contributed by atoms with Crippen LogP contribution < -0.4 is 4.74 Å². The van der Waals surface area contributed by atoms with Gasteiger partial charge < -0.3 is 9.84 Å². The van der Waals surface area contributed by atoms with E-state index in [0.717, 1.165) is 25.0 Å². The molecule has 0 radical (unpaired) electrons.